The van der Waals surface area contributed by atoms with E-state index in [0.717, 1.165) is 32.1 Å². The van der Waals surface area contributed by atoms with Crippen LogP contribution in [0, 0.1) is 6.92 Å². The van der Waals surface area contributed by atoms with Crippen LogP contribution in [0.25, 0.3) is 0 Å². The molecular formula is C16H28N2O3. The van der Waals surface area contributed by atoms with Crippen molar-refractivity contribution in [1.82, 2.24) is 9.97 Å². The summed E-state index contributed by atoms with van der Waals surface area (Å²) < 4.78 is 5.03. The summed E-state index contributed by atoms with van der Waals surface area (Å²) in [6, 6.07) is 0.323. The maximum Gasteiger partial charge on any atom is 0.316 e. The summed E-state index contributed by atoms with van der Waals surface area (Å²) in [4.78, 5) is 8.26. The van der Waals surface area contributed by atoms with Crippen LogP contribution in [-0.4, -0.2) is 33.9 Å². The number of ether oxygens (including phenoxy) is 1. The second-order valence-electron chi connectivity index (χ2n) is 5.39. The lowest BCUT2D eigenvalue weighted by atomic mass is 10.1. The molecule has 0 aliphatic carbocycles. The lowest BCUT2D eigenvalue weighted by molar-refractivity contribution is 0.282. The van der Waals surface area contributed by atoms with Gasteiger partial charge in [0.2, 0.25) is 0 Å². The van der Waals surface area contributed by atoms with Gasteiger partial charge in [0.15, 0.2) is 5.75 Å². The van der Waals surface area contributed by atoms with Crippen LogP contribution in [0.3, 0.4) is 0 Å². The van der Waals surface area contributed by atoms with Crippen LogP contribution in [0.1, 0.15) is 62.8 Å². The average Bonchev–Trinajstić information content (AvgIpc) is 2.49. The minimum absolute atomic E-state index is 0.194. The molecule has 0 amide bonds. The van der Waals surface area contributed by atoms with Gasteiger partial charge in [-0.1, -0.05) is 38.5 Å². The Kier molecular flexibility index (Phi) is 8.74. The van der Waals surface area contributed by atoms with Gasteiger partial charge in [0.1, 0.15) is 0 Å². The number of hydrogen-bond acceptors (Lipinski definition) is 5. The van der Waals surface area contributed by atoms with E-state index in [2.05, 4.69) is 9.97 Å². The first-order valence-electron chi connectivity index (χ1n) is 7.90. The van der Waals surface area contributed by atoms with Gasteiger partial charge in [0, 0.05) is 6.61 Å². The highest BCUT2D eigenvalue weighted by Crippen LogP contribution is 2.23. The van der Waals surface area contributed by atoms with Crippen LogP contribution < -0.4 is 4.74 Å². The molecule has 2 N–H and O–H groups in total. The van der Waals surface area contributed by atoms with Crippen LogP contribution in [0.4, 0.5) is 0 Å². The number of methoxy groups -OCH3 is 1. The molecule has 1 heterocycles. The molecular weight excluding hydrogens is 268 g/mol. The molecule has 0 fully saturated rings. The fourth-order valence-corrected chi connectivity index (χ4v) is 2.33. The topological polar surface area (TPSA) is 75.5 Å². The van der Waals surface area contributed by atoms with Gasteiger partial charge in [-0.05, 0) is 26.2 Å². The smallest absolute Gasteiger partial charge is 0.316 e. The maximum atomic E-state index is 9.94. The molecule has 0 unspecified atom stereocenters. The van der Waals surface area contributed by atoms with Crippen molar-refractivity contribution >= 4 is 0 Å². The number of aromatic nitrogens is 2. The third-order valence-corrected chi connectivity index (χ3v) is 3.61. The highest BCUT2D eigenvalue weighted by atomic mass is 16.5. The minimum Gasteiger partial charge on any atom is -0.504 e. The second-order valence-corrected chi connectivity index (χ2v) is 5.39. The van der Waals surface area contributed by atoms with Crippen LogP contribution >= 0.6 is 0 Å². The summed E-state index contributed by atoms with van der Waals surface area (Å²) in [7, 11) is 1.53. The molecule has 1 aromatic rings. The van der Waals surface area contributed by atoms with Crippen molar-refractivity contribution in [3.05, 3.63) is 11.4 Å². The maximum absolute atomic E-state index is 9.94. The SMILES string of the molecule is COc1nc(C)c(O)c(CCCCCCCCCCO)n1. The van der Waals surface area contributed by atoms with Crippen molar-refractivity contribution in [3.8, 4) is 11.8 Å². The molecule has 0 aliphatic heterocycles. The molecule has 0 bridgehead atoms. The monoisotopic (exact) mass is 296 g/mol. The molecule has 0 spiro atoms. The number of aryl methyl sites for hydroxylation is 2. The molecule has 0 saturated carbocycles. The van der Waals surface area contributed by atoms with E-state index in [1.54, 1.807) is 6.92 Å². The van der Waals surface area contributed by atoms with E-state index in [9.17, 15) is 5.11 Å². The van der Waals surface area contributed by atoms with E-state index >= 15 is 0 Å². The summed E-state index contributed by atoms with van der Waals surface area (Å²) >= 11 is 0. The zero-order valence-electron chi connectivity index (χ0n) is 13.3. The Balaban J connectivity index is 2.19. The van der Waals surface area contributed by atoms with E-state index < -0.39 is 0 Å². The molecule has 0 aliphatic rings. The Bertz CT molecular complexity index is 411. The molecule has 1 rings (SSSR count). The summed E-state index contributed by atoms with van der Waals surface area (Å²) in [5.41, 5.74) is 1.25. The molecule has 0 saturated heterocycles. The van der Waals surface area contributed by atoms with Gasteiger partial charge in [-0.3, -0.25) is 0 Å². The van der Waals surface area contributed by atoms with Crippen molar-refractivity contribution < 1.29 is 14.9 Å². The van der Waals surface area contributed by atoms with Crippen molar-refractivity contribution in [1.29, 1.82) is 0 Å². The highest BCUT2D eigenvalue weighted by molar-refractivity contribution is 5.31. The fraction of sp³-hybridized carbons (Fsp3) is 0.750. The van der Waals surface area contributed by atoms with Crippen LogP contribution in [0.15, 0.2) is 0 Å². The molecule has 0 aromatic carbocycles. The van der Waals surface area contributed by atoms with Crippen LogP contribution in [0.2, 0.25) is 0 Å². The Labute approximate surface area is 127 Å². The quantitative estimate of drug-likeness (QED) is 0.613. The lowest BCUT2D eigenvalue weighted by Crippen LogP contribution is -2.00. The van der Waals surface area contributed by atoms with E-state index in [4.69, 9.17) is 9.84 Å². The Morgan fingerprint density at radius 2 is 1.48 bits per heavy atom. The minimum atomic E-state index is 0.194. The van der Waals surface area contributed by atoms with Crippen LogP contribution in [-0.2, 0) is 6.42 Å². The number of aliphatic hydroxyl groups excluding tert-OH is 1. The number of hydrogen-bond donors (Lipinski definition) is 2. The third-order valence-electron chi connectivity index (χ3n) is 3.61. The predicted molar refractivity (Wildman–Crippen MR) is 82.7 cm³/mol. The normalized spacial score (nSPS) is 10.8. The Morgan fingerprint density at radius 1 is 0.905 bits per heavy atom. The summed E-state index contributed by atoms with van der Waals surface area (Å²) in [5, 5.41) is 18.6. The molecule has 0 radical (unpaired) electrons. The summed E-state index contributed by atoms with van der Waals surface area (Å²) in [6.45, 7) is 2.07. The number of aliphatic hydroxyl groups is 1. The number of aromatic hydroxyl groups is 1. The number of unbranched alkanes of at least 4 members (excludes halogenated alkanes) is 7. The van der Waals surface area contributed by atoms with E-state index in [1.807, 2.05) is 0 Å². The fourth-order valence-electron chi connectivity index (χ4n) is 2.33. The third kappa shape index (κ3) is 6.76. The van der Waals surface area contributed by atoms with E-state index in [1.165, 1.54) is 32.8 Å². The molecule has 1 aromatic heterocycles. The van der Waals surface area contributed by atoms with Gasteiger partial charge >= 0.3 is 6.01 Å². The average molecular weight is 296 g/mol. The van der Waals surface area contributed by atoms with Gasteiger partial charge in [0.25, 0.3) is 0 Å². The van der Waals surface area contributed by atoms with E-state index in [0.29, 0.717) is 24.0 Å². The number of rotatable bonds is 11. The Hall–Kier alpha value is -1.36. The zero-order valence-corrected chi connectivity index (χ0v) is 13.3. The lowest BCUT2D eigenvalue weighted by Gasteiger charge is -2.08. The first kappa shape index (κ1) is 17.7. The summed E-state index contributed by atoms with van der Waals surface area (Å²) in [5.74, 6) is 0.194. The van der Waals surface area contributed by atoms with Crippen molar-refractivity contribution in [3.63, 3.8) is 0 Å². The first-order chi connectivity index (χ1) is 10.2. The highest BCUT2D eigenvalue weighted by Gasteiger charge is 2.10. The second kappa shape index (κ2) is 10.4. The standard InChI is InChI=1S/C16H28N2O3/c1-13-15(20)14(18-16(17-13)21-2)11-9-7-5-3-4-6-8-10-12-19/h19-20H,3-12H2,1-2H3. The molecule has 5 nitrogen and oxygen atoms in total. The largest absolute Gasteiger partial charge is 0.504 e. The zero-order chi connectivity index (χ0) is 15.5. The van der Waals surface area contributed by atoms with Crippen molar-refractivity contribution in [2.24, 2.45) is 0 Å². The van der Waals surface area contributed by atoms with Gasteiger partial charge in [0.05, 0.1) is 18.5 Å². The van der Waals surface area contributed by atoms with Gasteiger partial charge in [-0.25, -0.2) is 0 Å². The predicted octanol–water partition coefficient (Wildman–Crippen LogP) is 3.15. The van der Waals surface area contributed by atoms with Crippen molar-refractivity contribution in [2.75, 3.05) is 13.7 Å². The first-order valence-corrected chi connectivity index (χ1v) is 7.90. The van der Waals surface area contributed by atoms with Gasteiger partial charge in [-0.2, -0.15) is 9.97 Å². The summed E-state index contributed by atoms with van der Waals surface area (Å²) in [6.07, 6.45) is 9.88. The van der Waals surface area contributed by atoms with Gasteiger partial charge in [-0.15, -0.1) is 0 Å². The Morgan fingerprint density at radius 3 is 2.05 bits per heavy atom. The molecule has 5 heteroatoms. The molecule has 120 valence electrons. The molecule has 0 atom stereocenters. The van der Waals surface area contributed by atoms with Crippen LogP contribution in [0.5, 0.6) is 11.8 Å². The number of nitrogens with zero attached hydrogens (tertiary/aromatic N) is 2. The van der Waals surface area contributed by atoms with Gasteiger partial charge < -0.3 is 14.9 Å². The van der Waals surface area contributed by atoms with Crippen molar-refractivity contribution in [2.45, 2.75) is 64.7 Å². The molecule has 21 heavy (non-hydrogen) atoms. The van der Waals surface area contributed by atoms with E-state index in [-0.39, 0.29) is 5.75 Å².